The highest BCUT2D eigenvalue weighted by Crippen LogP contribution is 2.26. The van der Waals surface area contributed by atoms with Crippen molar-refractivity contribution in [2.24, 2.45) is 0 Å². The van der Waals surface area contributed by atoms with Crippen LogP contribution < -0.4 is 16.0 Å². The number of nitrogens with one attached hydrogen (secondary N) is 3. The third kappa shape index (κ3) is 6.53. The van der Waals surface area contributed by atoms with Gasteiger partial charge in [0.15, 0.2) is 0 Å². The molecule has 1 aromatic heterocycles. The molecule has 0 saturated carbocycles. The standard InChI is InChI=1S/C21H20ClFN4O4/c22-20-14(2-1-3-17(20)28)10-24-12-19(29)25-6-7-31-21(30)27-18-9-15-8-16(23)5-4-13(15)11-26-18/h1-5,8-9,11,24,28H,6-7,10,12H2,(H,25,29)(H,26,27,30). The van der Waals surface area contributed by atoms with Gasteiger partial charge >= 0.3 is 6.09 Å². The summed E-state index contributed by atoms with van der Waals surface area (Å²) in [5.41, 5.74) is 0.666. The molecular formula is C21H20ClFN4O4. The van der Waals surface area contributed by atoms with E-state index in [9.17, 15) is 19.1 Å². The molecule has 0 fully saturated rings. The monoisotopic (exact) mass is 446 g/mol. The molecular weight excluding hydrogens is 427 g/mol. The van der Waals surface area contributed by atoms with Gasteiger partial charge in [0.25, 0.3) is 0 Å². The number of phenolic OH excluding ortho intramolecular Hbond substituents is 1. The molecule has 162 valence electrons. The van der Waals surface area contributed by atoms with Crippen LogP contribution in [0.5, 0.6) is 5.75 Å². The zero-order valence-electron chi connectivity index (χ0n) is 16.3. The summed E-state index contributed by atoms with van der Waals surface area (Å²) in [5.74, 6) is -0.477. The molecule has 3 aromatic rings. The van der Waals surface area contributed by atoms with Crippen molar-refractivity contribution in [3.8, 4) is 5.75 Å². The Hall–Kier alpha value is -3.43. The number of fused-ring (bicyclic) bond motifs is 1. The summed E-state index contributed by atoms with van der Waals surface area (Å²) in [4.78, 5) is 27.7. The molecule has 0 unspecified atom stereocenters. The van der Waals surface area contributed by atoms with Crippen LogP contribution in [0.15, 0.2) is 48.7 Å². The van der Waals surface area contributed by atoms with E-state index in [1.165, 1.54) is 30.5 Å². The van der Waals surface area contributed by atoms with E-state index in [1.54, 1.807) is 18.2 Å². The Labute approximate surface area is 182 Å². The number of hydrogen-bond acceptors (Lipinski definition) is 6. The largest absolute Gasteiger partial charge is 0.506 e. The molecule has 0 spiro atoms. The van der Waals surface area contributed by atoms with Gasteiger partial charge in [-0.15, -0.1) is 0 Å². The second kappa shape index (κ2) is 10.6. The fourth-order valence-corrected chi connectivity index (χ4v) is 2.92. The molecule has 0 bridgehead atoms. The molecule has 4 N–H and O–H groups in total. The minimum absolute atomic E-state index is 0.0214. The highest BCUT2D eigenvalue weighted by molar-refractivity contribution is 6.32. The zero-order valence-corrected chi connectivity index (χ0v) is 17.1. The van der Waals surface area contributed by atoms with Crippen molar-refractivity contribution in [1.29, 1.82) is 0 Å². The number of benzene rings is 2. The molecule has 31 heavy (non-hydrogen) atoms. The predicted octanol–water partition coefficient (Wildman–Crippen LogP) is 3.19. The van der Waals surface area contributed by atoms with Gasteiger partial charge in [0, 0.05) is 18.1 Å². The fraction of sp³-hybridized carbons (Fsp3) is 0.190. The van der Waals surface area contributed by atoms with E-state index in [2.05, 4.69) is 20.9 Å². The molecule has 10 heteroatoms. The second-order valence-electron chi connectivity index (χ2n) is 6.53. The van der Waals surface area contributed by atoms with Crippen LogP contribution in [0.25, 0.3) is 10.8 Å². The van der Waals surface area contributed by atoms with Gasteiger partial charge in [0.05, 0.1) is 18.1 Å². The number of aromatic hydroxyl groups is 1. The maximum atomic E-state index is 13.3. The lowest BCUT2D eigenvalue weighted by molar-refractivity contribution is -0.120. The number of carbonyl (C=O) groups is 2. The average Bonchev–Trinajstić information content (AvgIpc) is 2.74. The van der Waals surface area contributed by atoms with Crippen LogP contribution in [0.1, 0.15) is 5.56 Å². The first-order chi connectivity index (χ1) is 14.9. The van der Waals surface area contributed by atoms with E-state index in [-0.39, 0.29) is 48.0 Å². The Bertz CT molecular complexity index is 1100. The third-order valence-electron chi connectivity index (χ3n) is 4.23. The lowest BCUT2D eigenvalue weighted by Crippen LogP contribution is -2.36. The van der Waals surface area contributed by atoms with Crippen molar-refractivity contribution in [3.63, 3.8) is 0 Å². The maximum absolute atomic E-state index is 13.3. The number of amides is 2. The van der Waals surface area contributed by atoms with Crippen molar-refractivity contribution in [2.75, 3.05) is 25.0 Å². The lowest BCUT2D eigenvalue weighted by atomic mass is 10.2. The Morgan fingerprint density at radius 2 is 2.00 bits per heavy atom. The minimum atomic E-state index is -0.742. The predicted molar refractivity (Wildman–Crippen MR) is 115 cm³/mol. The third-order valence-corrected chi connectivity index (χ3v) is 4.67. The van der Waals surface area contributed by atoms with E-state index in [0.29, 0.717) is 17.5 Å². The number of nitrogens with zero attached hydrogens (tertiary/aromatic N) is 1. The number of hydrogen-bond donors (Lipinski definition) is 4. The molecule has 0 aliphatic rings. The molecule has 3 rings (SSSR count). The van der Waals surface area contributed by atoms with Gasteiger partial charge in [-0.25, -0.2) is 14.2 Å². The summed E-state index contributed by atoms with van der Waals surface area (Å²) in [6, 6.07) is 10.7. The van der Waals surface area contributed by atoms with Crippen molar-refractivity contribution in [1.82, 2.24) is 15.6 Å². The van der Waals surface area contributed by atoms with Crippen molar-refractivity contribution < 1.29 is 23.8 Å². The summed E-state index contributed by atoms with van der Waals surface area (Å²) in [5, 5.41) is 19.1. The van der Waals surface area contributed by atoms with Crippen molar-refractivity contribution in [2.45, 2.75) is 6.54 Å². The van der Waals surface area contributed by atoms with Gasteiger partial charge in [-0.2, -0.15) is 0 Å². The number of aromatic nitrogens is 1. The number of ether oxygens (including phenoxy) is 1. The van der Waals surface area contributed by atoms with Gasteiger partial charge in [0.2, 0.25) is 5.91 Å². The molecule has 2 amide bonds. The first-order valence-electron chi connectivity index (χ1n) is 9.35. The Balaban J connectivity index is 1.34. The molecule has 0 saturated heterocycles. The van der Waals surface area contributed by atoms with Gasteiger partial charge < -0.3 is 20.5 Å². The van der Waals surface area contributed by atoms with E-state index >= 15 is 0 Å². The van der Waals surface area contributed by atoms with Gasteiger partial charge in [-0.3, -0.25) is 10.1 Å². The molecule has 8 nitrogen and oxygen atoms in total. The van der Waals surface area contributed by atoms with Crippen LogP contribution in [0, 0.1) is 5.82 Å². The van der Waals surface area contributed by atoms with Gasteiger partial charge in [0.1, 0.15) is 24.0 Å². The summed E-state index contributed by atoms with van der Waals surface area (Å²) >= 11 is 5.97. The minimum Gasteiger partial charge on any atom is -0.506 e. The van der Waals surface area contributed by atoms with Crippen LogP contribution in [-0.2, 0) is 16.1 Å². The SMILES string of the molecule is O=C(CNCc1cccc(O)c1Cl)NCCOC(=O)Nc1cc2cc(F)ccc2cn1. The molecule has 2 aromatic carbocycles. The second-order valence-corrected chi connectivity index (χ2v) is 6.90. The van der Waals surface area contributed by atoms with E-state index < -0.39 is 6.09 Å². The molecule has 0 atom stereocenters. The molecule has 0 aliphatic heterocycles. The summed E-state index contributed by atoms with van der Waals surface area (Å²) < 4.78 is 18.3. The highest BCUT2D eigenvalue weighted by Gasteiger charge is 2.08. The summed E-state index contributed by atoms with van der Waals surface area (Å²) in [7, 11) is 0. The molecule has 0 radical (unpaired) electrons. The maximum Gasteiger partial charge on any atom is 0.412 e. The van der Waals surface area contributed by atoms with Gasteiger partial charge in [-0.05, 0) is 41.3 Å². The van der Waals surface area contributed by atoms with E-state index in [0.717, 1.165) is 5.39 Å². The number of carbonyl (C=O) groups excluding carboxylic acids is 2. The van der Waals surface area contributed by atoms with Crippen LogP contribution >= 0.6 is 11.6 Å². The van der Waals surface area contributed by atoms with E-state index in [1.807, 2.05) is 0 Å². The average molecular weight is 447 g/mol. The van der Waals surface area contributed by atoms with Crippen LogP contribution in [0.4, 0.5) is 15.0 Å². The first kappa shape index (κ1) is 22.3. The normalized spacial score (nSPS) is 10.6. The van der Waals surface area contributed by atoms with Crippen LogP contribution in [0.3, 0.4) is 0 Å². The van der Waals surface area contributed by atoms with Crippen molar-refractivity contribution >= 4 is 40.2 Å². The Morgan fingerprint density at radius 1 is 1.16 bits per heavy atom. The fourth-order valence-electron chi connectivity index (χ4n) is 2.73. The van der Waals surface area contributed by atoms with Gasteiger partial charge in [-0.1, -0.05) is 23.7 Å². The highest BCUT2D eigenvalue weighted by atomic mass is 35.5. The number of halogens is 2. The topological polar surface area (TPSA) is 113 Å². The smallest absolute Gasteiger partial charge is 0.412 e. The Kier molecular flexibility index (Phi) is 7.58. The molecule has 1 heterocycles. The number of pyridine rings is 1. The quantitative estimate of drug-likeness (QED) is 0.395. The Morgan fingerprint density at radius 3 is 2.84 bits per heavy atom. The number of phenols is 1. The summed E-state index contributed by atoms with van der Waals surface area (Å²) in [6.07, 6.45) is 0.774. The van der Waals surface area contributed by atoms with Crippen LogP contribution in [0.2, 0.25) is 5.02 Å². The van der Waals surface area contributed by atoms with Crippen LogP contribution in [-0.4, -0.2) is 41.8 Å². The van der Waals surface area contributed by atoms with E-state index in [4.69, 9.17) is 16.3 Å². The number of anilines is 1. The summed E-state index contributed by atoms with van der Waals surface area (Å²) in [6.45, 7) is 0.410. The van der Waals surface area contributed by atoms with Crippen molar-refractivity contribution in [3.05, 3.63) is 65.1 Å². The lowest BCUT2D eigenvalue weighted by Gasteiger charge is -2.10. The first-order valence-corrected chi connectivity index (χ1v) is 9.73. The zero-order chi connectivity index (χ0) is 22.2. The number of rotatable bonds is 8. The molecule has 0 aliphatic carbocycles.